The Morgan fingerprint density at radius 3 is 2.55 bits per heavy atom. The van der Waals surface area contributed by atoms with Crippen molar-refractivity contribution >= 4 is 16.9 Å². The molecule has 1 aliphatic carbocycles. The molecular weight excluding hydrogens is 412 g/mol. The Kier molecular flexibility index (Phi) is 5.55. The molecule has 33 heavy (non-hydrogen) atoms. The van der Waals surface area contributed by atoms with Crippen molar-refractivity contribution in [3.05, 3.63) is 35.0 Å². The monoisotopic (exact) mass is 448 g/mol. The van der Waals surface area contributed by atoms with E-state index in [0.29, 0.717) is 22.5 Å². The molecule has 1 amide bonds. The lowest BCUT2D eigenvalue weighted by molar-refractivity contribution is 0.0929. The van der Waals surface area contributed by atoms with Crippen LogP contribution >= 0.6 is 0 Å². The van der Waals surface area contributed by atoms with Gasteiger partial charge in [-0.05, 0) is 87.1 Å². The highest BCUT2D eigenvalue weighted by molar-refractivity contribution is 6.01. The smallest absolute Gasteiger partial charge is 0.255 e. The average Bonchev–Trinajstić information content (AvgIpc) is 3.39. The van der Waals surface area contributed by atoms with E-state index in [0.717, 1.165) is 42.7 Å². The number of carbonyl (C=O) groups excluding carboxylic acids is 1. The SMILES string of the molecule is Cc1[nH]nc(-c2nc3ccc(C4(C)CCC(C)(C)CC4)cc3[nH]2)c1C(=O)NC1CCNCC1. The van der Waals surface area contributed by atoms with Crippen molar-refractivity contribution in [1.29, 1.82) is 0 Å². The van der Waals surface area contributed by atoms with Crippen LogP contribution in [0.1, 0.15) is 80.9 Å². The molecular formula is C26H36N6O. The summed E-state index contributed by atoms with van der Waals surface area (Å²) in [6, 6.07) is 6.77. The minimum absolute atomic E-state index is 0.0818. The van der Waals surface area contributed by atoms with Crippen molar-refractivity contribution in [2.45, 2.75) is 77.7 Å². The quantitative estimate of drug-likeness (QED) is 0.469. The highest BCUT2D eigenvalue weighted by Gasteiger charge is 2.36. The Morgan fingerprint density at radius 1 is 1.09 bits per heavy atom. The van der Waals surface area contributed by atoms with E-state index < -0.39 is 0 Å². The third-order valence-electron chi connectivity index (χ3n) is 7.96. The van der Waals surface area contributed by atoms with Crippen LogP contribution in [0.15, 0.2) is 18.2 Å². The highest BCUT2D eigenvalue weighted by Crippen LogP contribution is 2.46. The second-order valence-corrected chi connectivity index (χ2v) is 11.1. The van der Waals surface area contributed by atoms with Crippen LogP contribution in [0, 0.1) is 12.3 Å². The molecule has 1 saturated heterocycles. The molecule has 3 aromatic rings. The number of nitrogens with one attached hydrogen (secondary N) is 4. The summed E-state index contributed by atoms with van der Waals surface area (Å²) in [6.07, 6.45) is 6.79. The van der Waals surface area contributed by atoms with Gasteiger partial charge >= 0.3 is 0 Å². The van der Waals surface area contributed by atoms with Crippen molar-refractivity contribution in [3.63, 3.8) is 0 Å². The fourth-order valence-corrected chi connectivity index (χ4v) is 5.37. The highest BCUT2D eigenvalue weighted by atomic mass is 16.1. The summed E-state index contributed by atoms with van der Waals surface area (Å²) in [7, 11) is 0. The summed E-state index contributed by atoms with van der Waals surface area (Å²) in [5.74, 6) is 0.554. The summed E-state index contributed by atoms with van der Waals surface area (Å²) in [4.78, 5) is 21.4. The second-order valence-electron chi connectivity index (χ2n) is 11.1. The number of fused-ring (bicyclic) bond motifs is 1. The van der Waals surface area contributed by atoms with Crippen LogP contribution < -0.4 is 10.6 Å². The van der Waals surface area contributed by atoms with Crippen LogP contribution in [-0.2, 0) is 5.41 Å². The molecule has 1 saturated carbocycles. The number of piperidine rings is 1. The summed E-state index contributed by atoms with van der Waals surface area (Å²) in [5.41, 5.74) is 5.82. The lowest BCUT2D eigenvalue weighted by Crippen LogP contribution is -2.42. The van der Waals surface area contributed by atoms with E-state index in [-0.39, 0.29) is 17.4 Å². The second kappa shape index (κ2) is 8.28. The number of aryl methyl sites for hydroxylation is 1. The van der Waals surface area contributed by atoms with Gasteiger partial charge in [-0.25, -0.2) is 4.98 Å². The van der Waals surface area contributed by atoms with Crippen molar-refractivity contribution < 1.29 is 4.79 Å². The van der Waals surface area contributed by atoms with Gasteiger partial charge < -0.3 is 15.6 Å². The molecule has 4 N–H and O–H groups in total. The predicted octanol–water partition coefficient (Wildman–Crippen LogP) is 4.60. The number of benzene rings is 1. The van der Waals surface area contributed by atoms with E-state index in [1.807, 2.05) is 6.92 Å². The van der Waals surface area contributed by atoms with Gasteiger partial charge in [0.05, 0.1) is 16.6 Å². The molecule has 7 nitrogen and oxygen atoms in total. The number of aromatic amines is 2. The first-order chi connectivity index (χ1) is 15.7. The Bertz CT molecular complexity index is 1160. The maximum absolute atomic E-state index is 13.1. The van der Waals surface area contributed by atoms with Gasteiger partial charge in [-0.3, -0.25) is 9.89 Å². The Balaban J connectivity index is 1.42. The Morgan fingerprint density at radius 2 is 1.82 bits per heavy atom. The number of H-pyrrole nitrogens is 2. The zero-order valence-electron chi connectivity index (χ0n) is 20.3. The molecule has 3 heterocycles. The number of hydrogen-bond donors (Lipinski definition) is 4. The number of amides is 1. The van der Waals surface area contributed by atoms with Crippen molar-refractivity contribution in [2.24, 2.45) is 5.41 Å². The normalized spacial score (nSPS) is 20.7. The van der Waals surface area contributed by atoms with E-state index in [1.54, 1.807) is 0 Å². The molecule has 0 spiro atoms. The number of rotatable bonds is 4. The van der Waals surface area contributed by atoms with Crippen molar-refractivity contribution in [1.82, 2.24) is 30.8 Å². The molecule has 2 aliphatic rings. The lowest BCUT2D eigenvalue weighted by atomic mass is 9.63. The molecule has 1 aromatic carbocycles. The van der Waals surface area contributed by atoms with Gasteiger partial charge in [-0.15, -0.1) is 0 Å². The number of aromatic nitrogens is 4. The Labute approximate surface area is 195 Å². The molecule has 7 heteroatoms. The standard InChI is InChI=1S/C26H36N6O/c1-16-21(24(33)28-18-7-13-27-14-8-18)22(32-31-16)23-29-19-6-5-17(15-20(19)30-23)26(4)11-9-25(2,3)10-12-26/h5-6,15,18,27H,7-14H2,1-4H3,(H,28,33)(H,29,30)(H,31,32). The maximum atomic E-state index is 13.1. The van der Waals surface area contributed by atoms with Gasteiger partial charge in [-0.1, -0.05) is 26.8 Å². The van der Waals surface area contributed by atoms with Gasteiger partial charge in [0.25, 0.3) is 5.91 Å². The molecule has 176 valence electrons. The minimum Gasteiger partial charge on any atom is -0.349 e. The van der Waals surface area contributed by atoms with Crippen LogP contribution in [0.25, 0.3) is 22.6 Å². The van der Waals surface area contributed by atoms with E-state index in [4.69, 9.17) is 4.98 Å². The van der Waals surface area contributed by atoms with E-state index in [9.17, 15) is 4.79 Å². The van der Waals surface area contributed by atoms with E-state index >= 15 is 0 Å². The molecule has 0 bridgehead atoms. The first kappa shape index (κ1) is 22.1. The molecule has 0 atom stereocenters. The maximum Gasteiger partial charge on any atom is 0.255 e. The first-order valence-corrected chi connectivity index (χ1v) is 12.3. The van der Waals surface area contributed by atoms with Crippen molar-refractivity contribution in [3.8, 4) is 11.5 Å². The van der Waals surface area contributed by atoms with Crippen LogP contribution in [-0.4, -0.2) is 45.2 Å². The lowest BCUT2D eigenvalue weighted by Gasteiger charge is -2.41. The fraction of sp³-hybridized carbons (Fsp3) is 0.577. The predicted molar refractivity (Wildman–Crippen MR) is 131 cm³/mol. The van der Waals surface area contributed by atoms with Gasteiger partial charge in [-0.2, -0.15) is 5.10 Å². The number of imidazole rings is 1. The first-order valence-electron chi connectivity index (χ1n) is 12.3. The van der Waals surface area contributed by atoms with Gasteiger partial charge in [0, 0.05) is 11.7 Å². The molecule has 2 aromatic heterocycles. The van der Waals surface area contributed by atoms with Crippen LogP contribution in [0.5, 0.6) is 0 Å². The van der Waals surface area contributed by atoms with Gasteiger partial charge in [0.15, 0.2) is 5.82 Å². The summed E-state index contributed by atoms with van der Waals surface area (Å²) in [6.45, 7) is 10.9. The van der Waals surface area contributed by atoms with E-state index in [2.05, 4.69) is 64.8 Å². The van der Waals surface area contributed by atoms with Gasteiger partial charge in [0.2, 0.25) is 0 Å². The molecule has 5 rings (SSSR count). The average molecular weight is 449 g/mol. The molecule has 0 unspecified atom stereocenters. The largest absolute Gasteiger partial charge is 0.349 e. The third kappa shape index (κ3) is 4.31. The number of carbonyl (C=O) groups is 1. The van der Waals surface area contributed by atoms with Gasteiger partial charge in [0.1, 0.15) is 5.69 Å². The Hall–Kier alpha value is -2.67. The molecule has 2 fully saturated rings. The molecule has 1 aliphatic heterocycles. The van der Waals surface area contributed by atoms with E-state index in [1.165, 1.54) is 31.2 Å². The summed E-state index contributed by atoms with van der Waals surface area (Å²) in [5, 5.41) is 14.0. The number of hydrogen-bond acceptors (Lipinski definition) is 4. The summed E-state index contributed by atoms with van der Waals surface area (Å²) >= 11 is 0. The minimum atomic E-state index is -0.0818. The number of nitrogens with zero attached hydrogens (tertiary/aromatic N) is 2. The fourth-order valence-electron chi connectivity index (χ4n) is 5.37. The third-order valence-corrected chi connectivity index (χ3v) is 7.96. The molecule has 0 radical (unpaired) electrons. The van der Waals surface area contributed by atoms with Crippen LogP contribution in [0.4, 0.5) is 0 Å². The zero-order valence-corrected chi connectivity index (χ0v) is 20.3. The zero-order chi connectivity index (χ0) is 23.2. The summed E-state index contributed by atoms with van der Waals surface area (Å²) < 4.78 is 0. The van der Waals surface area contributed by atoms with Crippen molar-refractivity contribution in [2.75, 3.05) is 13.1 Å². The van der Waals surface area contributed by atoms with Crippen LogP contribution in [0.2, 0.25) is 0 Å². The van der Waals surface area contributed by atoms with Crippen LogP contribution in [0.3, 0.4) is 0 Å². The topological polar surface area (TPSA) is 98.5 Å².